The van der Waals surface area contributed by atoms with E-state index < -0.39 is 0 Å². The van der Waals surface area contributed by atoms with Crippen LogP contribution in [0, 0.1) is 11.3 Å². The zero-order chi connectivity index (χ0) is 20.5. The molecule has 7 heteroatoms. The molecule has 2 N–H and O–H groups in total. The van der Waals surface area contributed by atoms with Crippen LogP contribution in [0.2, 0.25) is 0 Å². The van der Waals surface area contributed by atoms with Gasteiger partial charge in [0.25, 0.3) is 5.91 Å². The van der Waals surface area contributed by atoms with Crippen molar-refractivity contribution >= 4 is 5.91 Å². The van der Waals surface area contributed by atoms with Gasteiger partial charge in [-0.05, 0) is 17.7 Å². The van der Waals surface area contributed by atoms with Gasteiger partial charge in [-0.25, -0.2) is 0 Å². The van der Waals surface area contributed by atoms with Crippen LogP contribution < -0.4 is 10.6 Å². The summed E-state index contributed by atoms with van der Waals surface area (Å²) in [4.78, 5) is 12.0. The van der Waals surface area contributed by atoms with E-state index in [9.17, 15) is 4.79 Å². The molecule has 0 bridgehead atoms. The molecule has 0 aliphatic rings. The minimum absolute atomic E-state index is 0.0327. The Morgan fingerprint density at radius 1 is 1.17 bits per heavy atom. The van der Waals surface area contributed by atoms with Crippen LogP contribution in [0.3, 0.4) is 0 Å². The number of rotatable bonds is 9. The molecule has 2 aromatic carbocycles. The highest BCUT2D eigenvalue weighted by atomic mass is 16.5. The molecule has 0 radical (unpaired) electrons. The molecule has 0 aliphatic heterocycles. The third-order valence-corrected chi connectivity index (χ3v) is 4.31. The molecular formula is C22H22N4O3. The Labute approximate surface area is 169 Å². The molecule has 0 aliphatic carbocycles. The van der Waals surface area contributed by atoms with E-state index >= 15 is 0 Å². The second-order valence-corrected chi connectivity index (χ2v) is 6.36. The first-order valence-electron chi connectivity index (χ1n) is 9.22. The van der Waals surface area contributed by atoms with E-state index in [1.807, 2.05) is 42.5 Å². The number of carbonyl (C=O) groups is 1. The maximum Gasteiger partial charge on any atom is 0.252 e. The van der Waals surface area contributed by atoms with Crippen molar-refractivity contribution in [1.29, 1.82) is 5.26 Å². The molecule has 0 saturated heterocycles. The fourth-order valence-corrected chi connectivity index (χ4v) is 2.78. The molecule has 148 valence electrons. The van der Waals surface area contributed by atoms with Gasteiger partial charge in [-0.2, -0.15) is 5.26 Å². The number of hydrogen-bond acceptors (Lipinski definition) is 6. The third kappa shape index (κ3) is 5.51. The predicted octanol–water partition coefficient (Wildman–Crippen LogP) is 3.00. The van der Waals surface area contributed by atoms with Crippen LogP contribution in [0.4, 0.5) is 0 Å². The number of nitrogens with one attached hydrogen (secondary N) is 2. The number of nitriles is 1. The van der Waals surface area contributed by atoms with E-state index in [0.29, 0.717) is 23.6 Å². The normalized spacial score (nSPS) is 10.5. The number of ether oxygens (including phenoxy) is 1. The summed E-state index contributed by atoms with van der Waals surface area (Å²) in [6.45, 7) is 2.22. The molecule has 1 amide bonds. The van der Waals surface area contributed by atoms with Crippen LogP contribution in [-0.2, 0) is 11.3 Å². The summed E-state index contributed by atoms with van der Waals surface area (Å²) < 4.78 is 10.5. The molecule has 0 saturated carbocycles. The predicted molar refractivity (Wildman–Crippen MR) is 109 cm³/mol. The molecule has 1 aromatic heterocycles. The summed E-state index contributed by atoms with van der Waals surface area (Å²) in [5, 5.41) is 18.6. The molecule has 3 aromatic rings. The minimum atomic E-state index is -0.299. The SMILES string of the molecule is COCCNCc1ccc(-c2cc(-c3cccc(C(=O)NCC#N)c3)no2)cc1. The Kier molecular flexibility index (Phi) is 7.11. The van der Waals surface area contributed by atoms with Crippen molar-refractivity contribution in [3.05, 3.63) is 65.7 Å². The molecule has 0 atom stereocenters. The van der Waals surface area contributed by atoms with E-state index in [2.05, 4.69) is 15.8 Å². The lowest BCUT2D eigenvalue weighted by atomic mass is 10.1. The van der Waals surface area contributed by atoms with E-state index in [1.54, 1.807) is 25.3 Å². The second kappa shape index (κ2) is 10.2. The molecule has 29 heavy (non-hydrogen) atoms. The average molecular weight is 390 g/mol. The van der Waals surface area contributed by atoms with Crippen molar-refractivity contribution in [3.8, 4) is 28.7 Å². The molecule has 0 fully saturated rings. The first kappa shape index (κ1) is 20.3. The monoisotopic (exact) mass is 390 g/mol. The molecular weight excluding hydrogens is 368 g/mol. The number of carbonyl (C=O) groups excluding carboxylic acids is 1. The summed E-state index contributed by atoms with van der Waals surface area (Å²) in [5.74, 6) is 0.352. The lowest BCUT2D eigenvalue weighted by Crippen LogP contribution is -2.23. The van der Waals surface area contributed by atoms with Crippen molar-refractivity contribution < 1.29 is 14.1 Å². The number of aromatic nitrogens is 1. The maximum atomic E-state index is 12.0. The van der Waals surface area contributed by atoms with Crippen molar-refractivity contribution in [3.63, 3.8) is 0 Å². The summed E-state index contributed by atoms with van der Waals surface area (Å²) in [6, 6.07) is 18.8. The molecule has 3 rings (SSSR count). The number of methoxy groups -OCH3 is 1. The fraction of sp³-hybridized carbons (Fsp3) is 0.227. The number of benzene rings is 2. The zero-order valence-electron chi connectivity index (χ0n) is 16.1. The van der Waals surface area contributed by atoms with Crippen molar-refractivity contribution in [2.24, 2.45) is 0 Å². The largest absolute Gasteiger partial charge is 0.383 e. The van der Waals surface area contributed by atoms with Crippen LogP contribution in [0.5, 0.6) is 0 Å². The number of amides is 1. The van der Waals surface area contributed by atoms with Gasteiger partial charge < -0.3 is 19.9 Å². The molecule has 0 unspecified atom stereocenters. The van der Waals surface area contributed by atoms with Gasteiger partial charge in [0.1, 0.15) is 12.2 Å². The molecule has 0 spiro atoms. The Morgan fingerprint density at radius 2 is 2.00 bits per heavy atom. The van der Waals surface area contributed by atoms with Gasteiger partial charge in [0.15, 0.2) is 5.76 Å². The van der Waals surface area contributed by atoms with Crippen LogP contribution in [-0.4, -0.2) is 37.9 Å². The Morgan fingerprint density at radius 3 is 2.76 bits per heavy atom. The highest BCUT2D eigenvalue weighted by Crippen LogP contribution is 2.26. The topological polar surface area (TPSA) is 100 Å². The Balaban J connectivity index is 1.69. The first-order chi connectivity index (χ1) is 14.2. The van der Waals surface area contributed by atoms with E-state index in [0.717, 1.165) is 24.2 Å². The smallest absolute Gasteiger partial charge is 0.252 e. The maximum absolute atomic E-state index is 12.0. The molecule has 1 heterocycles. The van der Waals surface area contributed by atoms with Crippen LogP contribution in [0.15, 0.2) is 59.1 Å². The number of nitrogens with zero attached hydrogens (tertiary/aromatic N) is 2. The summed E-state index contributed by atoms with van der Waals surface area (Å²) in [7, 11) is 1.68. The van der Waals surface area contributed by atoms with Gasteiger partial charge in [0.2, 0.25) is 0 Å². The Hall–Kier alpha value is -3.47. The zero-order valence-corrected chi connectivity index (χ0v) is 16.1. The lowest BCUT2D eigenvalue weighted by Gasteiger charge is -2.04. The lowest BCUT2D eigenvalue weighted by molar-refractivity contribution is 0.0958. The van der Waals surface area contributed by atoms with Crippen molar-refractivity contribution in [2.45, 2.75) is 6.54 Å². The van der Waals surface area contributed by atoms with Crippen LogP contribution in [0.1, 0.15) is 15.9 Å². The van der Waals surface area contributed by atoms with E-state index in [4.69, 9.17) is 14.5 Å². The van der Waals surface area contributed by atoms with Gasteiger partial charge in [0, 0.05) is 43.0 Å². The van der Waals surface area contributed by atoms with Crippen LogP contribution in [0.25, 0.3) is 22.6 Å². The average Bonchev–Trinajstić information content (AvgIpc) is 3.26. The van der Waals surface area contributed by atoms with E-state index in [1.165, 1.54) is 5.56 Å². The second-order valence-electron chi connectivity index (χ2n) is 6.36. The van der Waals surface area contributed by atoms with Gasteiger partial charge in [0.05, 0.1) is 12.7 Å². The summed E-state index contributed by atoms with van der Waals surface area (Å²) >= 11 is 0. The van der Waals surface area contributed by atoms with Gasteiger partial charge >= 0.3 is 0 Å². The van der Waals surface area contributed by atoms with E-state index in [-0.39, 0.29) is 12.5 Å². The quantitative estimate of drug-likeness (QED) is 0.430. The summed E-state index contributed by atoms with van der Waals surface area (Å²) in [6.07, 6.45) is 0. The number of hydrogen-bond donors (Lipinski definition) is 2. The fourth-order valence-electron chi connectivity index (χ4n) is 2.78. The van der Waals surface area contributed by atoms with Crippen LogP contribution >= 0.6 is 0 Å². The first-order valence-corrected chi connectivity index (χ1v) is 9.22. The highest BCUT2D eigenvalue weighted by molar-refractivity contribution is 5.95. The van der Waals surface area contributed by atoms with Crippen molar-refractivity contribution in [1.82, 2.24) is 15.8 Å². The standard InChI is InChI=1S/C22H22N4O3/c1-28-12-11-24-15-16-5-7-17(8-6-16)21-14-20(26-29-21)18-3-2-4-19(13-18)22(27)25-10-9-23/h2-8,13-14,24H,10-12,15H2,1H3,(H,25,27). The third-order valence-electron chi connectivity index (χ3n) is 4.31. The minimum Gasteiger partial charge on any atom is -0.383 e. The molecule has 7 nitrogen and oxygen atoms in total. The van der Waals surface area contributed by atoms with Gasteiger partial charge in [-0.1, -0.05) is 41.6 Å². The highest BCUT2D eigenvalue weighted by Gasteiger charge is 2.11. The van der Waals surface area contributed by atoms with Gasteiger partial charge in [-0.15, -0.1) is 0 Å². The Bertz CT molecular complexity index is 990. The van der Waals surface area contributed by atoms with Gasteiger partial charge in [-0.3, -0.25) is 4.79 Å². The van der Waals surface area contributed by atoms with Crippen molar-refractivity contribution in [2.75, 3.05) is 26.8 Å². The summed E-state index contributed by atoms with van der Waals surface area (Å²) in [5.41, 5.74) is 3.96.